The summed E-state index contributed by atoms with van der Waals surface area (Å²) in [5, 5.41) is 3.50. The summed E-state index contributed by atoms with van der Waals surface area (Å²) in [6.07, 6.45) is 3.34. The molecular weight excluding hydrogens is 295 g/mol. The van der Waals surface area contributed by atoms with E-state index in [1.54, 1.807) is 0 Å². The summed E-state index contributed by atoms with van der Waals surface area (Å²) in [5.74, 6) is -0.183. The van der Waals surface area contributed by atoms with Gasteiger partial charge in [0.05, 0.1) is 16.6 Å². The molecule has 1 aromatic heterocycles. The van der Waals surface area contributed by atoms with Crippen LogP contribution in [0.1, 0.15) is 33.9 Å². The Morgan fingerprint density at radius 2 is 2.10 bits per heavy atom. The molecule has 0 saturated heterocycles. The highest BCUT2D eigenvalue weighted by atomic mass is 35.5. The summed E-state index contributed by atoms with van der Waals surface area (Å²) in [4.78, 5) is 16.1. The van der Waals surface area contributed by atoms with E-state index in [0.29, 0.717) is 5.56 Å². The fourth-order valence-electron chi connectivity index (χ4n) is 2.49. The number of fused-ring (bicyclic) bond motifs is 1. The zero-order valence-corrected chi connectivity index (χ0v) is 12.1. The summed E-state index contributed by atoms with van der Waals surface area (Å²) < 4.78 is 0. The number of carbonyl (C=O) groups excluding carboxylic acids is 1. The van der Waals surface area contributed by atoms with Crippen molar-refractivity contribution in [2.24, 2.45) is 0 Å². The molecular formula is C15H12Cl2N2O. The molecule has 0 aliphatic heterocycles. The van der Waals surface area contributed by atoms with Crippen molar-refractivity contribution in [3.8, 4) is 0 Å². The number of aryl methyl sites for hydroxylation is 1. The monoisotopic (exact) mass is 306 g/mol. The summed E-state index contributed by atoms with van der Waals surface area (Å²) >= 11 is 11.6. The Hall–Kier alpha value is -1.58. The molecule has 1 aliphatic rings. The number of amides is 1. The molecule has 102 valence electrons. The van der Waals surface area contributed by atoms with Gasteiger partial charge in [0.1, 0.15) is 5.15 Å². The van der Waals surface area contributed by atoms with Gasteiger partial charge in [-0.15, -0.1) is 0 Å². The van der Waals surface area contributed by atoms with Gasteiger partial charge < -0.3 is 5.32 Å². The van der Waals surface area contributed by atoms with Crippen LogP contribution < -0.4 is 5.32 Å². The van der Waals surface area contributed by atoms with Crippen LogP contribution in [0, 0.1) is 0 Å². The molecule has 1 atom stereocenters. The number of halogens is 2. The lowest BCUT2D eigenvalue weighted by molar-refractivity contribution is 0.0936. The largest absolute Gasteiger partial charge is 0.345 e. The van der Waals surface area contributed by atoms with Gasteiger partial charge in [0, 0.05) is 6.20 Å². The standard InChI is InChI=1S/C15H12Cl2N2O/c16-12-7-10(8-18-14(12)17)15(20)19-13-6-5-9-3-1-2-4-11(9)13/h1-4,7-8,13H,5-6H2,(H,19,20). The number of rotatable bonds is 2. The smallest absolute Gasteiger partial charge is 0.253 e. The highest BCUT2D eigenvalue weighted by Crippen LogP contribution is 2.31. The van der Waals surface area contributed by atoms with Crippen LogP contribution in [0.4, 0.5) is 0 Å². The third-order valence-electron chi connectivity index (χ3n) is 3.50. The summed E-state index contributed by atoms with van der Waals surface area (Å²) in [6.45, 7) is 0. The first-order valence-electron chi connectivity index (χ1n) is 6.35. The highest BCUT2D eigenvalue weighted by molar-refractivity contribution is 6.41. The number of hydrogen-bond donors (Lipinski definition) is 1. The molecule has 0 saturated carbocycles. The zero-order valence-electron chi connectivity index (χ0n) is 10.6. The van der Waals surface area contributed by atoms with E-state index in [0.717, 1.165) is 12.8 Å². The summed E-state index contributed by atoms with van der Waals surface area (Å²) in [7, 11) is 0. The Kier molecular flexibility index (Phi) is 3.64. The van der Waals surface area contributed by atoms with Crippen molar-refractivity contribution >= 4 is 29.1 Å². The Balaban J connectivity index is 1.79. The molecule has 1 unspecified atom stereocenters. The van der Waals surface area contributed by atoms with Crippen molar-refractivity contribution < 1.29 is 4.79 Å². The van der Waals surface area contributed by atoms with E-state index >= 15 is 0 Å². The molecule has 1 aromatic carbocycles. The number of pyridine rings is 1. The average Bonchev–Trinajstić information content (AvgIpc) is 2.85. The van der Waals surface area contributed by atoms with Crippen molar-refractivity contribution in [1.82, 2.24) is 10.3 Å². The molecule has 1 amide bonds. The topological polar surface area (TPSA) is 42.0 Å². The second-order valence-corrected chi connectivity index (χ2v) is 5.53. The highest BCUT2D eigenvalue weighted by Gasteiger charge is 2.24. The van der Waals surface area contributed by atoms with E-state index in [1.807, 2.05) is 12.1 Å². The van der Waals surface area contributed by atoms with Crippen LogP contribution in [0.25, 0.3) is 0 Å². The number of aromatic nitrogens is 1. The van der Waals surface area contributed by atoms with Crippen molar-refractivity contribution in [1.29, 1.82) is 0 Å². The second-order valence-electron chi connectivity index (χ2n) is 4.76. The van der Waals surface area contributed by atoms with E-state index in [2.05, 4.69) is 22.4 Å². The molecule has 0 spiro atoms. The minimum absolute atomic E-state index is 0.0492. The van der Waals surface area contributed by atoms with E-state index in [-0.39, 0.29) is 22.1 Å². The van der Waals surface area contributed by atoms with Gasteiger partial charge in [-0.2, -0.15) is 0 Å². The summed E-state index contributed by atoms with van der Waals surface area (Å²) in [6, 6.07) is 9.75. The van der Waals surface area contributed by atoms with Gasteiger partial charge in [0.2, 0.25) is 0 Å². The molecule has 3 nitrogen and oxygen atoms in total. The van der Waals surface area contributed by atoms with Gasteiger partial charge in [-0.05, 0) is 30.0 Å². The summed E-state index contributed by atoms with van der Waals surface area (Å²) in [5.41, 5.74) is 2.91. The Labute approximate surface area is 126 Å². The third-order valence-corrected chi connectivity index (χ3v) is 4.18. The number of benzene rings is 1. The molecule has 1 heterocycles. The number of carbonyl (C=O) groups is 1. The van der Waals surface area contributed by atoms with Crippen molar-refractivity contribution in [3.05, 3.63) is 63.4 Å². The lowest BCUT2D eigenvalue weighted by atomic mass is 10.1. The lowest BCUT2D eigenvalue weighted by Crippen LogP contribution is -2.27. The van der Waals surface area contributed by atoms with Gasteiger partial charge in [0.25, 0.3) is 5.91 Å². The zero-order chi connectivity index (χ0) is 14.1. The SMILES string of the molecule is O=C(NC1CCc2ccccc21)c1cnc(Cl)c(Cl)c1. The molecule has 3 rings (SSSR count). The van der Waals surface area contributed by atoms with E-state index in [1.165, 1.54) is 23.4 Å². The number of nitrogens with one attached hydrogen (secondary N) is 1. The minimum atomic E-state index is -0.183. The van der Waals surface area contributed by atoms with Crippen LogP contribution in [-0.2, 0) is 6.42 Å². The normalized spacial score (nSPS) is 16.8. The Bertz CT molecular complexity index is 673. The minimum Gasteiger partial charge on any atom is -0.345 e. The van der Waals surface area contributed by atoms with Gasteiger partial charge in [-0.25, -0.2) is 4.98 Å². The number of nitrogens with zero attached hydrogens (tertiary/aromatic N) is 1. The van der Waals surface area contributed by atoms with E-state index in [4.69, 9.17) is 23.2 Å². The maximum atomic E-state index is 12.2. The molecule has 1 aliphatic carbocycles. The molecule has 1 N–H and O–H groups in total. The lowest BCUT2D eigenvalue weighted by Gasteiger charge is -2.14. The fourth-order valence-corrected chi connectivity index (χ4v) is 2.76. The average molecular weight is 307 g/mol. The maximum absolute atomic E-state index is 12.2. The predicted octanol–water partition coefficient (Wildman–Crippen LogP) is 3.81. The Morgan fingerprint density at radius 3 is 2.90 bits per heavy atom. The van der Waals surface area contributed by atoms with Crippen LogP contribution >= 0.6 is 23.2 Å². The van der Waals surface area contributed by atoms with Crippen LogP contribution in [0.15, 0.2) is 36.5 Å². The van der Waals surface area contributed by atoms with Crippen molar-refractivity contribution in [3.63, 3.8) is 0 Å². The van der Waals surface area contributed by atoms with Gasteiger partial charge in [-0.3, -0.25) is 4.79 Å². The predicted molar refractivity (Wildman–Crippen MR) is 79.2 cm³/mol. The van der Waals surface area contributed by atoms with E-state index in [9.17, 15) is 4.79 Å². The van der Waals surface area contributed by atoms with Gasteiger partial charge in [-0.1, -0.05) is 47.5 Å². The maximum Gasteiger partial charge on any atom is 0.253 e. The molecule has 0 bridgehead atoms. The molecule has 20 heavy (non-hydrogen) atoms. The van der Waals surface area contributed by atoms with Crippen molar-refractivity contribution in [2.75, 3.05) is 0 Å². The quantitative estimate of drug-likeness (QED) is 0.857. The van der Waals surface area contributed by atoms with Gasteiger partial charge in [0.15, 0.2) is 0 Å². The second kappa shape index (κ2) is 5.43. The van der Waals surface area contributed by atoms with E-state index < -0.39 is 0 Å². The van der Waals surface area contributed by atoms with Crippen LogP contribution in [-0.4, -0.2) is 10.9 Å². The first-order chi connectivity index (χ1) is 9.65. The molecule has 0 radical (unpaired) electrons. The third kappa shape index (κ3) is 2.51. The van der Waals surface area contributed by atoms with Gasteiger partial charge >= 0.3 is 0 Å². The first-order valence-corrected chi connectivity index (χ1v) is 7.10. The van der Waals surface area contributed by atoms with Crippen LogP contribution in [0.5, 0.6) is 0 Å². The van der Waals surface area contributed by atoms with Crippen LogP contribution in [0.3, 0.4) is 0 Å². The number of hydrogen-bond acceptors (Lipinski definition) is 2. The van der Waals surface area contributed by atoms with Crippen molar-refractivity contribution in [2.45, 2.75) is 18.9 Å². The molecule has 2 aromatic rings. The van der Waals surface area contributed by atoms with Crippen LogP contribution in [0.2, 0.25) is 10.2 Å². The Morgan fingerprint density at radius 1 is 1.30 bits per heavy atom. The fraction of sp³-hybridized carbons (Fsp3) is 0.200. The first kappa shape index (κ1) is 13.4. The molecule has 5 heteroatoms. The molecule has 0 fully saturated rings.